The first kappa shape index (κ1) is 16.1. The number of hydrogen-bond donors (Lipinski definition) is 2. The van der Waals surface area contributed by atoms with E-state index in [1.54, 1.807) is 18.3 Å². The maximum atomic E-state index is 12.1. The van der Waals surface area contributed by atoms with E-state index < -0.39 is 11.4 Å². The number of carboxylic acid groups (broad SMARTS) is 1. The fraction of sp³-hybridized carbons (Fsp3) is 0.333. The van der Waals surface area contributed by atoms with Crippen LogP contribution >= 0.6 is 0 Å². The summed E-state index contributed by atoms with van der Waals surface area (Å²) >= 11 is 0. The van der Waals surface area contributed by atoms with Crippen molar-refractivity contribution in [3.63, 3.8) is 0 Å². The van der Waals surface area contributed by atoms with Crippen LogP contribution in [0.4, 0.5) is 5.69 Å². The first-order valence-electron chi connectivity index (χ1n) is 7.92. The molecule has 6 nitrogen and oxygen atoms in total. The number of nitrogens with one attached hydrogen (secondary N) is 1. The SMILES string of the molecule is Cc1ccnc(-c2ccc(NC(=O)CC3(C(=O)O)CCC3)cc2)n1. The van der Waals surface area contributed by atoms with Gasteiger partial charge in [-0.3, -0.25) is 9.59 Å². The van der Waals surface area contributed by atoms with Crippen molar-refractivity contribution in [1.82, 2.24) is 9.97 Å². The third-order valence-electron chi connectivity index (χ3n) is 4.48. The standard InChI is InChI=1S/C18H19N3O3/c1-12-7-10-19-16(20-12)13-3-5-14(6-4-13)21-15(22)11-18(17(23)24)8-2-9-18/h3-7,10H,2,8-9,11H2,1H3,(H,21,22)(H,23,24). The molecule has 0 radical (unpaired) electrons. The zero-order valence-corrected chi connectivity index (χ0v) is 13.5. The maximum absolute atomic E-state index is 12.1. The number of carbonyl (C=O) groups excluding carboxylic acids is 1. The van der Waals surface area contributed by atoms with Crippen molar-refractivity contribution in [2.45, 2.75) is 32.6 Å². The highest BCUT2D eigenvalue weighted by Gasteiger charge is 2.45. The van der Waals surface area contributed by atoms with Gasteiger partial charge >= 0.3 is 5.97 Å². The molecule has 0 spiro atoms. The Hall–Kier alpha value is -2.76. The Kier molecular flexibility index (Phi) is 4.29. The molecule has 2 N–H and O–H groups in total. The molecule has 1 aliphatic carbocycles. The van der Waals surface area contributed by atoms with Gasteiger partial charge in [0.25, 0.3) is 0 Å². The minimum absolute atomic E-state index is 0.0189. The lowest BCUT2D eigenvalue weighted by molar-refractivity contribution is -0.157. The minimum Gasteiger partial charge on any atom is -0.481 e. The molecule has 3 rings (SSSR count). The van der Waals surface area contributed by atoms with Crippen molar-refractivity contribution in [2.75, 3.05) is 5.32 Å². The number of rotatable bonds is 5. The normalized spacial score (nSPS) is 15.4. The monoisotopic (exact) mass is 325 g/mol. The lowest BCUT2D eigenvalue weighted by atomic mass is 9.66. The van der Waals surface area contributed by atoms with Gasteiger partial charge in [-0.2, -0.15) is 0 Å². The second kappa shape index (κ2) is 6.39. The first-order valence-corrected chi connectivity index (χ1v) is 7.92. The van der Waals surface area contributed by atoms with Gasteiger partial charge in [-0.25, -0.2) is 9.97 Å². The van der Waals surface area contributed by atoms with Crippen molar-refractivity contribution < 1.29 is 14.7 Å². The van der Waals surface area contributed by atoms with E-state index in [9.17, 15) is 14.7 Å². The minimum atomic E-state index is -0.879. The van der Waals surface area contributed by atoms with Gasteiger partial charge < -0.3 is 10.4 Å². The van der Waals surface area contributed by atoms with Crippen LogP contribution in [0.1, 0.15) is 31.4 Å². The highest BCUT2D eigenvalue weighted by atomic mass is 16.4. The molecule has 6 heteroatoms. The Labute approximate surface area is 140 Å². The molecular weight excluding hydrogens is 306 g/mol. The molecule has 0 atom stereocenters. The van der Waals surface area contributed by atoms with Crippen LogP contribution in [-0.4, -0.2) is 27.0 Å². The highest BCUT2D eigenvalue weighted by molar-refractivity contribution is 5.94. The lowest BCUT2D eigenvalue weighted by Gasteiger charge is -2.36. The van der Waals surface area contributed by atoms with Crippen LogP contribution in [0.2, 0.25) is 0 Å². The number of aryl methyl sites for hydroxylation is 1. The predicted molar refractivity (Wildman–Crippen MR) is 89.4 cm³/mol. The summed E-state index contributed by atoms with van der Waals surface area (Å²) in [6.07, 6.45) is 3.73. The first-order chi connectivity index (χ1) is 11.5. The van der Waals surface area contributed by atoms with E-state index in [2.05, 4.69) is 15.3 Å². The quantitative estimate of drug-likeness (QED) is 0.881. The Balaban J connectivity index is 1.66. The van der Waals surface area contributed by atoms with Gasteiger partial charge in [0.1, 0.15) is 0 Å². The van der Waals surface area contributed by atoms with Crippen LogP contribution in [0.5, 0.6) is 0 Å². The van der Waals surface area contributed by atoms with Crippen LogP contribution in [-0.2, 0) is 9.59 Å². The second-order valence-electron chi connectivity index (χ2n) is 6.26. The molecule has 1 aromatic heterocycles. The Morgan fingerprint density at radius 1 is 1.21 bits per heavy atom. The molecule has 0 bridgehead atoms. The van der Waals surface area contributed by atoms with E-state index in [1.807, 2.05) is 25.1 Å². The molecular formula is C18H19N3O3. The Morgan fingerprint density at radius 3 is 2.46 bits per heavy atom. The van der Waals surface area contributed by atoms with Crippen LogP contribution < -0.4 is 5.32 Å². The van der Waals surface area contributed by atoms with E-state index in [0.29, 0.717) is 24.4 Å². The highest BCUT2D eigenvalue weighted by Crippen LogP contribution is 2.44. The third kappa shape index (κ3) is 3.27. The molecule has 24 heavy (non-hydrogen) atoms. The fourth-order valence-corrected chi connectivity index (χ4v) is 2.87. The van der Waals surface area contributed by atoms with Gasteiger partial charge in [-0.1, -0.05) is 6.42 Å². The van der Waals surface area contributed by atoms with Crippen molar-refractivity contribution in [3.05, 3.63) is 42.2 Å². The van der Waals surface area contributed by atoms with E-state index in [0.717, 1.165) is 17.7 Å². The molecule has 1 aromatic carbocycles. The lowest BCUT2D eigenvalue weighted by Crippen LogP contribution is -2.41. The Bertz CT molecular complexity index is 767. The van der Waals surface area contributed by atoms with E-state index in [1.165, 1.54) is 0 Å². The Morgan fingerprint density at radius 2 is 1.92 bits per heavy atom. The number of anilines is 1. The third-order valence-corrected chi connectivity index (χ3v) is 4.48. The van der Waals surface area contributed by atoms with Crippen LogP contribution in [0.15, 0.2) is 36.5 Å². The van der Waals surface area contributed by atoms with Gasteiger partial charge in [-0.15, -0.1) is 0 Å². The molecule has 1 heterocycles. The number of carboxylic acids is 1. The molecule has 1 fully saturated rings. The number of benzene rings is 1. The summed E-state index contributed by atoms with van der Waals surface area (Å²) in [7, 11) is 0. The fourth-order valence-electron chi connectivity index (χ4n) is 2.87. The number of hydrogen-bond acceptors (Lipinski definition) is 4. The van der Waals surface area contributed by atoms with E-state index >= 15 is 0 Å². The smallest absolute Gasteiger partial charge is 0.310 e. The van der Waals surface area contributed by atoms with E-state index in [4.69, 9.17) is 0 Å². The summed E-state index contributed by atoms with van der Waals surface area (Å²) in [6.45, 7) is 1.90. The number of aliphatic carboxylic acids is 1. The summed E-state index contributed by atoms with van der Waals surface area (Å²) in [5, 5.41) is 12.1. The van der Waals surface area contributed by atoms with Crippen LogP contribution in [0, 0.1) is 12.3 Å². The molecule has 124 valence electrons. The topological polar surface area (TPSA) is 92.2 Å². The van der Waals surface area contributed by atoms with Crippen molar-refractivity contribution in [3.8, 4) is 11.4 Å². The number of aromatic nitrogens is 2. The second-order valence-corrected chi connectivity index (χ2v) is 6.26. The zero-order valence-electron chi connectivity index (χ0n) is 13.5. The summed E-state index contributed by atoms with van der Waals surface area (Å²) in [4.78, 5) is 32.0. The molecule has 1 aliphatic rings. The molecule has 1 saturated carbocycles. The maximum Gasteiger partial charge on any atom is 0.310 e. The van der Waals surface area contributed by atoms with Gasteiger partial charge in [0, 0.05) is 29.6 Å². The van der Waals surface area contributed by atoms with Crippen LogP contribution in [0.25, 0.3) is 11.4 Å². The summed E-state index contributed by atoms with van der Waals surface area (Å²) in [5.41, 5.74) is 1.50. The number of nitrogens with zero attached hydrogens (tertiary/aromatic N) is 2. The average Bonchev–Trinajstić information content (AvgIpc) is 2.51. The van der Waals surface area contributed by atoms with Gasteiger partial charge in [0.2, 0.25) is 5.91 Å². The molecule has 1 amide bonds. The summed E-state index contributed by atoms with van der Waals surface area (Å²) in [6, 6.07) is 9.04. The largest absolute Gasteiger partial charge is 0.481 e. The number of amides is 1. The summed E-state index contributed by atoms with van der Waals surface area (Å²) < 4.78 is 0. The predicted octanol–water partition coefficient (Wildman–Crippen LogP) is 3.04. The molecule has 0 saturated heterocycles. The van der Waals surface area contributed by atoms with Crippen molar-refractivity contribution in [2.24, 2.45) is 5.41 Å². The van der Waals surface area contributed by atoms with Crippen molar-refractivity contribution in [1.29, 1.82) is 0 Å². The van der Waals surface area contributed by atoms with E-state index in [-0.39, 0.29) is 12.3 Å². The van der Waals surface area contributed by atoms with Gasteiger partial charge in [0.05, 0.1) is 5.41 Å². The molecule has 2 aromatic rings. The number of carbonyl (C=O) groups is 2. The van der Waals surface area contributed by atoms with Crippen LogP contribution in [0.3, 0.4) is 0 Å². The molecule has 0 unspecified atom stereocenters. The average molecular weight is 325 g/mol. The zero-order chi connectivity index (χ0) is 17.2. The van der Waals surface area contributed by atoms with Gasteiger partial charge in [-0.05, 0) is 50.1 Å². The van der Waals surface area contributed by atoms with Crippen molar-refractivity contribution >= 4 is 17.6 Å². The summed E-state index contributed by atoms with van der Waals surface area (Å²) in [5.74, 6) is -0.514. The van der Waals surface area contributed by atoms with Gasteiger partial charge in [0.15, 0.2) is 5.82 Å². The molecule has 0 aliphatic heterocycles.